The molecule has 0 saturated heterocycles. The highest BCUT2D eigenvalue weighted by molar-refractivity contribution is 7.98. The zero-order valence-corrected chi connectivity index (χ0v) is 13.1. The van der Waals surface area contributed by atoms with Gasteiger partial charge in [-0.2, -0.15) is 20.5 Å². The van der Waals surface area contributed by atoms with E-state index in [4.69, 9.17) is 5.73 Å². The molecule has 23 heavy (non-hydrogen) atoms. The number of rotatable bonds is 9. The Bertz CT molecular complexity index is 502. The maximum atomic E-state index is 12.7. The SMILES string of the molecule is CSCC[C@H](N)C(=O)Nc1ccc(OCC(F)(F)C(F)F)nc1. The molecule has 1 aromatic rings. The number of carbonyl (C=O) groups excluding carboxylic acids is 1. The van der Waals surface area contributed by atoms with Crippen LogP contribution < -0.4 is 15.8 Å². The minimum absolute atomic E-state index is 0.255. The van der Waals surface area contributed by atoms with E-state index in [1.54, 1.807) is 11.8 Å². The van der Waals surface area contributed by atoms with E-state index < -0.39 is 30.9 Å². The van der Waals surface area contributed by atoms with Gasteiger partial charge in [0.05, 0.1) is 17.9 Å². The molecule has 1 aromatic heterocycles. The van der Waals surface area contributed by atoms with Crippen molar-refractivity contribution in [2.75, 3.05) is 23.9 Å². The van der Waals surface area contributed by atoms with E-state index in [0.717, 1.165) is 11.9 Å². The maximum absolute atomic E-state index is 12.7. The lowest BCUT2D eigenvalue weighted by atomic mass is 10.2. The number of anilines is 1. The van der Waals surface area contributed by atoms with Crippen LogP contribution in [-0.2, 0) is 4.79 Å². The van der Waals surface area contributed by atoms with Crippen LogP contribution in [0.3, 0.4) is 0 Å². The number of halogens is 4. The van der Waals surface area contributed by atoms with Crippen molar-refractivity contribution in [1.29, 1.82) is 0 Å². The lowest BCUT2D eigenvalue weighted by Crippen LogP contribution is -2.36. The highest BCUT2D eigenvalue weighted by atomic mass is 32.2. The highest BCUT2D eigenvalue weighted by Crippen LogP contribution is 2.24. The molecule has 1 amide bonds. The van der Waals surface area contributed by atoms with E-state index in [1.807, 2.05) is 6.26 Å². The molecule has 1 atom stereocenters. The Hall–Kier alpha value is -1.55. The fraction of sp³-hybridized carbons (Fsp3) is 0.538. The summed E-state index contributed by atoms with van der Waals surface area (Å²) < 4.78 is 53.9. The van der Waals surface area contributed by atoms with E-state index in [0.29, 0.717) is 12.1 Å². The number of ether oxygens (including phenoxy) is 1. The van der Waals surface area contributed by atoms with Crippen LogP contribution in [0.4, 0.5) is 23.2 Å². The number of nitrogens with zero attached hydrogens (tertiary/aromatic N) is 1. The molecule has 1 rings (SSSR count). The fourth-order valence-electron chi connectivity index (χ4n) is 1.38. The van der Waals surface area contributed by atoms with Crippen LogP contribution in [0.2, 0.25) is 0 Å². The van der Waals surface area contributed by atoms with Crippen LogP contribution >= 0.6 is 11.8 Å². The van der Waals surface area contributed by atoms with Crippen LogP contribution in [0.25, 0.3) is 0 Å². The summed E-state index contributed by atoms with van der Waals surface area (Å²) in [6, 6.07) is 1.86. The van der Waals surface area contributed by atoms with Crippen molar-refractivity contribution in [1.82, 2.24) is 4.98 Å². The summed E-state index contributed by atoms with van der Waals surface area (Å²) in [5.41, 5.74) is 5.97. The van der Waals surface area contributed by atoms with Crippen LogP contribution in [-0.4, -0.2) is 47.9 Å². The zero-order valence-electron chi connectivity index (χ0n) is 12.3. The van der Waals surface area contributed by atoms with Gasteiger partial charge < -0.3 is 15.8 Å². The Labute approximate surface area is 135 Å². The molecule has 0 spiro atoms. The smallest absolute Gasteiger partial charge is 0.340 e. The monoisotopic (exact) mass is 355 g/mol. The van der Waals surface area contributed by atoms with Crippen molar-refractivity contribution >= 4 is 23.4 Å². The number of hydrogen-bond acceptors (Lipinski definition) is 5. The van der Waals surface area contributed by atoms with Gasteiger partial charge in [-0.1, -0.05) is 0 Å². The fourth-order valence-corrected chi connectivity index (χ4v) is 1.87. The van der Waals surface area contributed by atoms with E-state index in [9.17, 15) is 22.4 Å². The molecule has 130 valence electrons. The van der Waals surface area contributed by atoms with Gasteiger partial charge in [-0.15, -0.1) is 0 Å². The Morgan fingerprint density at radius 3 is 2.70 bits per heavy atom. The summed E-state index contributed by atoms with van der Waals surface area (Å²) in [5.74, 6) is -4.18. The average Bonchev–Trinajstić information content (AvgIpc) is 2.51. The number of carbonyl (C=O) groups is 1. The number of nitrogens with two attached hydrogens (primary N) is 1. The Kier molecular flexibility index (Phi) is 7.56. The van der Waals surface area contributed by atoms with Gasteiger partial charge in [-0.3, -0.25) is 4.79 Å². The van der Waals surface area contributed by atoms with Crippen LogP contribution in [0.1, 0.15) is 6.42 Å². The summed E-state index contributed by atoms with van der Waals surface area (Å²) in [6.45, 7) is -1.48. The summed E-state index contributed by atoms with van der Waals surface area (Å²) in [6.07, 6.45) is -0.256. The Morgan fingerprint density at radius 1 is 1.48 bits per heavy atom. The van der Waals surface area contributed by atoms with Crippen molar-refractivity contribution < 1.29 is 27.1 Å². The molecule has 5 nitrogen and oxygen atoms in total. The third-order valence-electron chi connectivity index (χ3n) is 2.71. The van der Waals surface area contributed by atoms with Crippen LogP contribution in [0.15, 0.2) is 18.3 Å². The van der Waals surface area contributed by atoms with E-state index >= 15 is 0 Å². The Balaban J connectivity index is 2.52. The minimum atomic E-state index is -4.25. The molecule has 0 fully saturated rings. The van der Waals surface area contributed by atoms with Gasteiger partial charge in [0, 0.05) is 6.07 Å². The largest absolute Gasteiger partial charge is 0.471 e. The molecule has 0 bridgehead atoms. The summed E-state index contributed by atoms with van der Waals surface area (Å²) in [4.78, 5) is 15.4. The van der Waals surface area contributed by atoms with Crippen LogP contribution in [0.5, 0.6) is 5.88 Å². The first-order valence-corrected chi connectivity index (χ1v) is 7.96. The number of alkyl halides is 4. The second kappa shape index (κ2) is 8.92. The predicted octanol–water partition coefficient (Wildman–Crippen LogP) is 2.38. The third kappa shape index (κ3) is 6.61. The van der Waals surface area contributed by atoms with Crippen molar-refractivity contribution in [3.05, 3.63) is 18.3 Å². The van der Waals surface area contributed by atoms with Gasteiger partial charge in [0.1, 0.15) is 0 Å². The lowest BCUT2D eigenvalue weighted by molar-refractivity contribution is -0.148. The molecule has 0 radical (unpaired) electrons. The zero-order chi connectivity index (χ0) is 17.5. The average molecular weight is 355 g/mol. The molecule has 10 heteroatoms. The molecule has 1 heterocycles. The number of pyridine rings is 1. The van der Waals surface area contributed by atoms with Crippen molar-refractivity contribution in [3.8, 4) is 5.88 Å². The quantitative estimate of drug-likeness (QED) is 0.665. The topological polar surface area (TPSA) is 77.2 Å². The van der Waals surface area contributed by atoms with E-state index in [-0.39, 0.29) is 5.88 Å². The molecular weight excluding hydrogens is 338 g/mol. The number of hydrogen-bond donors (Lipinski definition) is 2. The molecule has 0 unspecified atom stereocenters. The number of aromatic nitrogens is 1. The second-order valence-electron chi connectivity index (χ2n) is 4.61. The predicted molar refractivity (Wildman–Crippen MR) is 80.3 cm³/mol. The van der Waals surface area contributed by atoms with E-state index in [1.165, 1.54) is 12.1 Å². The third-order valence-corrected chi connectivity index (χ3v) is 3.35. The first kappa shape index (κ1) is 19.5. The number of amides is 1. The van der Waals surface area contributed by atoms with Crippen molar-refractivity contribution in [2.24, 2.45) is 5.73 Å². The van der Waals surface area contributed by atoms with Crippen LogP contribution in [0, 0.1) is 0 Å². The summed E-state index contributed by atoms with van der Waals surface area (Å²) in [7, 11) is 0. The molecule has 0 aliphatic carbocycles. The molecule has 0 aromatic carbocycles. The van der Waals surface area contributed by atoms with Gasteiger partial charge in [0.2, 0.25) is 11.8 Å². The van der Waals surface area contributed by atoms with Gasteiger partial charge in [-0.25, -0.2) is 13.8 Å². The summed E-state index contributed by atoms with van der Waals surface area (Å²) in [5, 5.41) is 2.51. The maximum Gasteiger partial charge on any atom is 0.340 e. The molecule has 3 N–H and O–H groups in total. The van der Waals surface area contributed by atoms with Gasteiger partial charge in [-0.05, 0) is 24.5 Å². The van der Waals surface area contributed by atoms with Crippen molar-refractivity contribution in [3.63, 3.8) is 0 Å². The lowest BCUT2D eigenvalue weighted by Gasteiger charge is -2.15. The number of nitrogens with one attached hydrogen (secondary N) is 1. The Morgan fingerprint density at radius 2 is 2.17 bits per heavy atom. The van der Waals surface area contributed by atoms with E-state index in [2.05, 4.69) is 15.0 Å². The molecule has 0 aliphatic rings. The first-order chi connectivity index (χ1) is 10.8. The second-order valence-corrected chi connectivity index (χ2v) is 5.60. The minimum Gasteiger partial charge on any atom is -0.471 e. The number of thioether (sulfide) groups is 1. The highest BCUT2D eigenvalue weighted by Gasteiger charge is 2.41. The molecular formula is C13H17F4N3O2S. The molecule has 0 aliphatic heterocycles. The van der Waals surface area contributed by atoms with Crippen molar-refractivity contribution in [2.45, 2.75) is 24.8 Å². The normalized spacial score (nSPS) is 13.0. The standard InChI is InChI=1S/C13H17F4N3O2S/c1-23-5-4-9(18)11(21)20-8-2-3-10(19-6-8)22-7-13(16,17)12(14)15/h2-3,6,9,12H,4-5,7,18H2,1H3,(H,20,21)/t9-/m0/s1. The summed E-state index contributed by atoms with van der Waals surface area (Å²) >= 11 is 1.56. The van der Waals surface area contributed by atoms with Gasteiger partial charge in [0.15, 0.2) is 6.61 Å². The first-order valence-electron chi connectivity index (χ1n) is 6.56. The van der Waals surface area contributed by atoms with Gasteiger partial charge in [0.25, 0.3) is 0 Å². The van der Waals surface area contributed by atoms with Gasteiger partial charge >= 0.3 is 12.3 Å². The molecule has 0 saturated carbocycles.